The number of ether oxygens (including phenoxy) is 1. The van der Waals surface area contributed by atoms with Crippen molar-refractivity contribution in [3.8, 4) is 16.9 Å². The third-order valence-electron chi connectivity index (χ3n) is 5.34. The SMILES string of the molecule is c1ccc(-n2cc(CN3C[C@@H]4NCCO[C@H]4C3)c(-c3ccncc3)n2)cc1. The number of para-hydroxylation sites is 1. The summed E-state index contributed by atoms with van der Waals surface area (Å²) in [7, 11) is 0. The van der Waals surface area contributed by atoms with Gasteiger partial charge in [-0.05, 0) is 24.3 Å². The lowest BCUT2D eigenvalue weighted by Crippen LogP contribution is -2.47. The molecule has 0 aliphatic carbocycles. The maximum absolute atomic E-state index is 5.93. The lowest BCUT2D eigenvalue weighted by atomic mass is 10.1. The molecule has 2 fully saturated rings. The summed E-state index contributed by atoms with van der Waals surface area (Å²) in [6, 6.07) is 14.7. The molecule has 0 radical (unpaired) electrons. The first-order valence-corrected chi connectivity index (χ1v) is 9.48. The molecule has 1 N–H and O–H groups in total. The Morgan fingerprint density at radius 1 is 1.07 bits per heavy atom. The molecule has 2 saturated heterocycles. The van der Waals surface area contributed by atoms with Gasteiger partial charge in [-0.3, -0.25) is 9.88 Å². The van der Waals surface area contributed by atoms with Crippen LogP contribution in [0.1, 0.15) is 5.56 Å². The summed E-state index contributed by atoms with van der Waals surface area (Å²) in [5.74, 6) is 0. The fourth-order valence-corrected chi connectivity index (χ4v) is 4.03. The monoisotopic (exact) mass is 361 g/mol. The molecule has 2 atom stereocenters. The molecule has 0 saturated carbocycles. The second kappa shape index (κ2) is 7.23. The Balaban J connectivity index is 1.46. The Labute approximate surface area is 158 Å². The highest BCUT2D eigenvalue weighted by Gasteiger charge is 2.35. The number of pyridine rings is 1. The predicted octanol–water partition coefficient (Wildman–Crippen LogP) is 2.11. The number of likely N-dealkylation sites (tertiary alicyclic amines) is 1. The van der Waals surface area contributed by atoms with Crippen LogP contribution in [0.3, 0.4) is 0 Å². The molecule has 4 heterocycles. The smallest absolute Gasteiger partial charge is 0.0973 e. The van der Waals surface area contributed by atoms with Crippen LogP contribution >= 0.6 is 0 Å². The van der Waals surface area contributed by atoms with Crippen molar-refractivity contribution in [1.29, 1.82) is 0 Å². The minimum Gasteiger partial charge on any atom is -0.374 e. The van der Waals surface area contributed by atoms with Crippen molar-refractivity contribution < 1.29 is 4.74 Å². The predicted molar refractivity (Wildman–Crippen MR) is 104 cm³/mol. The zero-order valence-corrected chi connectivity index (χ0v) is 15.2. The van der Waals surface area contributed by atoms with Crippen LogP contribution < -0.4 is 5.32 Å². The van der Waals surface area contributed by atoms with Gasteiger partial charge in [0.1, 0.15) is 0 Å². The minimum atomic E-state index is 0.298. The Kier molecular flexibility index (Phi) is 4.45. The van der Waals surface area contributed by atoms with E-state index in [1.165, 1.54) is 5.56 Å². The van der Waals surface area contributed by atoms with Crippen LogP contribution in [0.5, 0.6) is 0 Å². The highest BCUT2D eigenvalue weighted by molar-refractivity contribution is 5.62. The third-order valence-corrected chi connectivity index (χ3v) is 5.34. The largest absolute Gasteiger partial charge is 0.374 e. The molecular formula is C21H23N5O. The van der Waals surface area contributed by atoms with Crippen LogP contribution in [0.25, 0.3) is 16.9 Å². The molecule has 0 unspecified atom stereocenters. The van der Waals surface area contributed by atoms with E-state index in [1.807, 2.05) is 47.4 Å². The number of morpholine rings is 1. The molecule has 0 spiro atoms. The average Bonchev–Trinajstić information content (AvgIpc) is 3.33. The normalized spacial score (nSPS) is 22.7. The van der Waals surface area contributed by atoms with Gasteiger partial charge >= 0.3 is 0 Å². The number of fused-ring (bicyclic) bond motifs is 1. The highest BCUT2D eigenvalue weighted by atomic mass is 16.5. The van der Waals surface area contributed by atoms with Crippen LogP contribution in [-0.2, 0) is 11.3 Å². The molecule has 2 aliphatic heterocycles. The van der Waals surface area contributed by atoms with Gasteiger partial charge in [-0.1, -0.05) is 18.2 Å². The fraction of sp³-hybridized carbons (Fsp3) is 0.333. The van der Waals surface area contributed by atoms with Gasteiger partial charge in [0, 0.05) is 61.9 Å². The fourth-order valence-electron chi connectivity index (χ4n) is 4.03. The maximum atomic E-state index is 5.93. The van der Waals surface area contributed by atoms with E-state index < -0.39 is 0 Å². The quantitative estimate of drug-likeness (QED) is 0.771. The number of nitrogens with zero attached hydrogens (tertiary/aromatic N) is 4. The number of hydrogen-bond acceptors (Lipinski definition) is 5. The van der Waals surface area contributed by atoms with Crippen molar-refractivity contribution in [2.45, 2.75) is 18.7 Å². The molecule has 0 amide bonds. The molecule has 1 aromatic carbocycles. The van der Waals surface area contributed by atoms with Crippen LogP contribution in [0.4, 0.5) is 0 Å². The third kappa shape index (κ3) is 3.39. The van der Waals surface area contributed by atoms with Crippen LogP contribution in [-0.4, -0.2) is 58.1 Å². The molecule has 2 aliphatic rings. The summed E-state index contributed by atoms with van der Waals surface area (Å²) in [5.41, 5.74) is 4.41. The van der Waals surface area contributed by atoms with E-state index in [1.54, 1.807) is 0 Å². The van der Waals surface area contributed by atoms with Crippen molar-refractivity contribution in [2.24, 2.45) is 0 Å². The van der Waals surface area contributed by atoms with E-state index in [0.717, 1.165) is 49.7 Å². The Morgan fingerprint density at radius 3 is 2.74 bits per heavy atom. The van der Waals surface area contributed by atoms with E-state index >= 15 is 0 Å². The summed E-state index contributed by atoms with van der Waals surface area (Å²) in [4.78, 5) is 6.61. The lowest BCUT2D eigenvalue weighted by Gasteiger charge is -2.25. The van der Waals surface area contributed by atoms with Gasteiger partial charge in [-0.15, -0.1) is 0 Å². The number of nitrogens with one attached hydrogen (secondary N) is 1. The molecule has 5 rings (SSSR count). The standard InChI is InChI=1S/C21H23N5O/c1-2-4-18(5-3-1)26-13-17(21(24-26)16-6-8-22-9-7-16)12-25-14-19-20(15-25)27-11-10-23-19/h1-9,13,19-20,23H,10-12,14-15H2/t19-,20-/m0/s1. The molecule has 6 heteroatoms. The molecule has 0 bridgehead atoms. The average molecular weight is 361 g/mol. The summed E-state index contributed by atoms with van der Waals surface area (Å²) in [6.07, 6.45) is 6.10. The van der Waals surface area contributed by atoms with Crippen LogP contribution in [0.15, 0.2) is 61.1 Å². The Morgan fingerprint density at radius 2 is 1.93 bits per heavy atom. The molecular weight excluding hydrogens is 338 g/mol. The summed E-state index contributed by atoms with van der Waals surface area (Å²) < 4.78 is 7.90. The van der Waals surface area contributed by atoms with E-state index in [9.17, 15) is 0 Å². The van der Waals surface area contributed by atoms with Gasteiger partial charge < -0.3 is 10.1 Å². The van der Waals surface area contributed by atoms with Crippen molar-refractivity contribution >= 4 is 0 Å². The lowest BCUT2D eigenvalue weighted by molar-refractivity contribution is 0.0175. The van der Waals surface area contributed by atoms with Crippen LogP contribution in [0.2, 0.25) is 0 Å². The molecule has 27 heavy (non-hydrogen) atoms. The van der Waals surface area contributed by atoms with E-state index in [2.05, 4.69) is 33.5 Å². The molecule has 6 nitrogen and oxygen atoms in total. The molecule has 138 valence electrons. The van der Waals surface area contributed by atoms with Gasteiger partial charge in [-0.25, -0.2) is 4.68 Å². The van der Waals surface area contributed by atoms with Crippen molar-refractivity contribution in [1.82, 2.24) is 25.0 Å². The summed E-state index contributed by atoms with van der Waals surface area (Å²) >= 11 is 0. The zero-order chi connectivity index (χ0) is 18.1. The minimum absolute atomic E-state index is 0.298. The Bertz CT molecular complexity index is 881. The molecule has 3 aromatic rings. The van der Waals surface area contributed by atoms with E-state index in [4.69, 9.17) is 9.84 Å². The first kappa shape index (κ1) is 16.6. The van der Waals surface area contributed by atoms with Crippen molar-refractivity contribution in [2.75, 3.05) is 26.2 Å². The number of benzene rings is 1. The summed E-state index contributed by atoms with van der Waals surface area (Å²) in [6.45, 7) is 4.59. The first-order valence-electron chi connectivity index (χ1n) is 9.48. The second-order valence-corrected chi connectivity index (χ2v) is 7.18. The number of rotatable bonds is 4. The maximum Gasteiger partial charge on any atom is 0.0973 e. The highest BCUT2D eigenvalue weighted by Crippen LogP contribution is 2.26. The van der Waals surface area contributed by atoms with Crippen molar-refractivity contribution in [3.63, 3.8) is 0 Å². The van der Waals surface area contributed by atoms with Gasteiger partial charge in [0.05, 0.1) is 24.1 Å². The van der Waals surface area contributed by atoms with Crippen molar-refractivity contribution in [3.05, 3.63) is 66.6 Å². The van der Waals surface area contributed by atoms with Gasteiger partial charge in [-0.2, -0.15) is 5.10 Å². The number of hydrogen-bond donors (Lipinski definition) is 1. The first-order chi connectivity index (χ1) is 13.4. The van der Waals surface area contributed by atoms with E-state index in [-0.39, 0.29) is 0 Å². The van der Waals surface area contributed by atoms with Crippen LogP contribution in [0, 0.1) is 0 Å². The Hall–Kier alpha value is -2.54. The zero-order valence-electron chi connectivity index (χ0n) is 15.2. The second-order valence-electron chi connectivity index (χ2n) is 7.18. The molecule has 2 aromatic heterocycles. The van der Waals surface area contributed by atoms with Gasteiger partial charge in [0.15, 0.2) is 0 Å². The van der Waals surface area contributed by atoms with Gasteiger partial charge in [0.2, 0.25) is 0 Å². The van der Waals surface area contributed by atoms with E-state index in [0.29, 0.717) is 12.1 Å². The number of aromatic nitrogens is 3. The van der Waals surface area contributed by atoms with Gasteiger partial charge in [0.25, 0.3) is 0 Å². The summed E-state index contributed by atoms with van der Waals surface area (Å²) in [5, 5.41) is 8.48. The topological polar surface area (TPSA) is 55.2 Å².